The number of thiocarbonyl (C=S) groups is 1. The molecule has 0 amide bonds. The second-order valence-corrected chi connectivity index (χ2v) is 6.28. The molecule has 0 saturated heterocycles. The van der Waals surface area contributed by atoms with Crippen molar-refractivity contribution in [1.82, 2.24) is 5.32 Å². The quantitative estimate of drug-likeness (QED) is 0.616. The normalized spacial score (nSPS) is 10.2. The fourth-order valence-corrected chi connectivity index (χ4v) is 2.77. The zero-order valence-corrected chi connectivity index (χ0v) is 14.9. The number of para-hydroxylation sites is 1. The van der Waals surface area contributed by atoms with E-state index >= 15 is 0 Å². The Morgan fingerprint density at radius 3 is 2.35 bits per heavy atom. The van der Waals surface area contributed by atoms with E-state index in [1.807, 2.05) is 6.07 Å². The molecular weight excluding hydrogens is 302 g/mol. The highest BCUT2D eigenvalue weighted by Gasteiger charge is 2.01. The molecule has 122 valence electrons. The van der Waals surface area contributed by atoms with Crippen LogP contribution in [-0.4, -0.2) is 25.2 Å². The SMILES string of the molecule is Cc1cc(C)cc(NC(=S)NCCCN(C)c2ccccc2)c1. The van der Waals surface area contributed by atoms with Crippen molar-refractivity contribution in [3.8, 4) is 0 Å². The summed E-state index contributed by atoms with van der Waals surface area (Å²) in [7, 11) is 2.11. The summed E-state index contributed by atoms with van der Waals surface area (Å²) in [5.74, 6) is 0. The number of nitrogens with zero attached hydrogens (tertiary/aromatic N) is 1. The third-order valence-corrected chi connectivity index (χ3v) is 3.88. The largest absolute Gasteiger partial charge is 0.375 e. The van der Waals surface area contributed by atoms with E-state index in [4.69, 9.17) is 12.2 Å². The number of aryl methyl sites for hydroxylation is 2. The van der Waals surface area contributed by atoms with Gasteiger partial charge >= 0.3 is 0 Å². The van der Waals surface area contributed by atoms with Crippen LogP contribution in [0.2, 0.25) is 0 Å². The average Bonchev–Trinajstić information content (AvgIpc) is 2.51. The number of rotatable bonds is 6. The van der Waals surface area contributed by atoms with Crippen LogP contribution in [0, 0.1) is 13.8 Å². The predicted octanol–water partition coefficient (Wildman–Crippen LogP) is 4.12. The fraction of sp³-hybridized carbons (Fsp3) is 0.316. The molecule has 0 aliphatic rings. The van der Waals surface area contributed by atoms with Gasteiger partial charge in [-0.15, -0.1) is 0 Å². The summed E-state index contributed by atoms with van der Waals surface area (Å²) in [5, 5.41) is 7.20. The van der Waals surface area contributed by atoms with Crippen LogP contribution in [0.4, 0.5) is 11.4 Å². The summed E-state index contributed by atoms with van der Waals surface area (Å²) >= 11 is 5.36. The van der Waals surface area contributed by atoms with Crippen molar-refractivity contribution in [3.05, 3.63) is 59.7 Å². The molecule has 0 spiro atoms. The maximum absolute atomic E-state index is 5.36. The molecule has 0 fully saturated rings. The molecule has 0 saturated carbocycles. The summed E-state index contributed by atoms with van der Waals surface area (Å²) < 4.78 is 0. The Bertz CT molecular complexity index is 620. The second kappa shape index (κ2) is 8.53. The number of hydrogen-bond acceptors (Lipinski definition) is 2. The van der Waals surface area contributed by atoms with E-state index in [0.717, 1.165) is 25.2 Å². The molecule has 0 radical (unpaired) electrons. The number of anilines is 2. The molecule has 0 atom stereocenters. The van der Waals surface area contributed by atoms with E-state index in [1.54, 1.807) is 0 Å². The molecule has 0 aliphatic heterocycles. The maximum Gasteiger partial charge on any atom is 0.170 e. The van der Waals surface area contributed by atoms with Crippen LogP contribution >= 0.6 is 12.2 Å². The zero-order valence-electron chi connectivity index (χ0n) is 14.1. The lowest BCUT2D eigenvalue weighted by Crippen LogP contribution is -2.31. The van der Waals surface area contributed by atoms with Gasteiger partial charge in [0.1, 0.15) is 0 Å². The molecule has 0 aromatic heterocycles. The first-order chi connectivity index (χ1) is 11.0. The van der Waals surface area contributed by atoms with Crippen molar-refractivity contribution >= 4 is 28.7 Å². The molecule has 0 heterocycles. The van der Waals surface area contributed by atoms with Crippen molar-refractivity contribution in [3.63, 3.8) is 0 Å². The first-order valence-electron chi connectivity index (χ1n) is 7.94. The standard InChI is InChI=1S/C19H25N3S/c1-15-12-16(2)14-17(13-15)21-19(23)20-10-7-11-22(3)18-8-5-4-6-9-18/h4-6,8-9,12-14H,7,10-11H2,1-3H3,(H2,20,21,23). The lowest BCUT2D eigenvalue weighted by Gasteiger charge is -2.19. The Labute approximate surface area is 144 Å². The molecule has 2 aromatic rings. The van der Waals surface area contributed by atoms with Crippen molar-refractivity contribution < 1.29 is 0 Å². The Hall–Kier alpha value is -2.07. The van der Waals surface area contributed by atoms with Crippen molar-refractivity contribution in [1.29, 1.82) is 0 Å². The summed E-state index contributed by atoms with van der Waals surface area (Å²) in [6.07, 6.45) is 1.03. The fourth-order valence-electron chi connectivity index (χ4n) is 2.55. The van der Waals surface area contributed by atoms with Gasteiger partial charge in [-0.3, -0.25) is 0 Å². The zero-order chi connectivity index (χ0) is 16.7. The van der Waals surface area contributed by atoms with Crippen LogP contribution in [0.25, 0.3) is 0 Å². The highest BCUT2D eigenvalue weighted by atomic mass is 32.1. The van der Waals surface area contributed by atoms with Crippen LogP contribution in [0.15, 0.2) is 48.5 Å². The summed E-state index contributed by atoms with van der Waals surface area (Å²) in [4.78, 5) is 2.25. The molecular formula is C19H25N3S. The van der Waals surface area contributed by atoms with E-state index in [1.165, 1.54) is 16.8 Å². The molecule has 0 aliphatic carbocycles. The van der Waals surface area contributed by atoms with Gasteiger partial charge in [0.25, 0.3) is 0 Å². The molecule has 0 bridgehead atoms. The third kappa shape index (κ3) is 5.91. The summed E-state index contributed by atoms with van der Waals surface area (Å²) in [6.45, 7) is 6.03. The Balaban J connectivity index is 1.70. The van der Waals surface area contributed by atoms with Crippen LogP contribution in [0.1, 0.15) is 17.5 Å². The van der Waals surface area contributed by atoms with Gasteiger partial charge in [-0.2, -0.15) is 0 Å². The second-order valence-electron chi connectivity index (χ2n) is 5.87. The molecule has 23 heavy (non-hydrogen) atoms. The number of hydrogen-bond donors (Lipinski definition) is 2. The lowest BCUT2D eigenvalue weighted by atomic mass is 10.1. The van der Waals surface area contributed by atoms with E-state index < -0.39 is 0 Å². The van der Waals surface area contributed by atoms with E-state index in [9.17, 15) is 0 Å². The molecule has 2 rings (SSSR count). The van der Waals surface area contributed by atoms with Crippen LogP contribution < -0.4 is 15.5 Å². The minimum Gasteiger partial charge on any atom is -0.375 e. The summed E-state index contributed by atoms with van der Waals surface area (Å²) in [5.41, 5.74) is 4.75. The van der Waals surface area contributed by atoms with Gasteiger partial charge in [-0.05, 0) is 67.9 Å². The van der Waals surface area contributed by atoms with Gasteiger partial charge in [0.2, 0.25) is 0 Å². The molecule has 4 heteroatoms. The van der Waals surface area contributed by atoms with Crippen molar-refractivity contribution in [2.45, 2.75) is 20.3 Å². The minimum atomic E-state index is 0.678. The first-order valence-corrected chi connectivity index (χ1v) is 8.35. The van der Waals surface area contributed by atoms with E-state index in [0.29, 0.717) is 5.11 Å². The number of benzene rings is 2. The Morgan fingerprint density at radius 1 is 1.04 bits per heavy atom. The van der Waals surface area contributed by atoms with E-state index in [2.05, 4.69) is 78.9 Å². The third-order valence-electron chi connectivity index (χ3n) is 3.63. The average molecular weight is 327 g/mol. The Morgan fingerprint density at radius 2 is 1.70 bits per heavy atom. The van der Waals surface area contributed by atoms with Crippen LogP contribution in [-0.2, 0) is 0 Å². The first kappa shape index (κ1) is 17.3. The van der Waals surface area contributed by atoms with E-state index in [-0.39, 0.29) is 0 Å². The Kier molecular flexibility index (Phi) is 6.41. The van der Waals surface area contributed by atoms with Crippen molar-refractivity contribution in [2.75, 3.05) is 30.4 Å². The lowest BCUT2D eigenvalue weighted by molar-refractivity contribution is 0.755. The van der Waals surface area contributed by atoms with Gasteiger partial charge in [-0.1, -0.05) is 24.3 Å². The maximum atomic E-state index is 5.36. The molecule has 0 unspecified atom stereocenters. The van der Waals surface area contributed by atoms with Crippen LogP contribution in [0.5, 0.6) is 0 Å². The van der Waals surface area contributed by atoms with Crippen molar-refractivity contribution in [2.24, 2.45) is 0 Å². The summed E-state index contributed by atoms with van der Waals surface area (Å²) in [6, 6.07) is 16.8. The molecule has 2 aromatic carbocycles. The predicted molar refractivity (Wildman–Crippen MR) is 104 cm³/mol. The molecule has 3 nitrogen and oxygen atoms in total. The van der Waals surface area contributed by atoms with Gasteiger partial charge < -0.3 is 15.5 Å². The van der Waals surface area contributed by atoms with Gasteiger partial charge in [-0.25, -0.2) is 0 Å². The van der Waals surface area contributed by atoms with Crippen LogP contribution in [0.3, 0.4) is 0 Å². The van der Waals surface area contributed by atoms with Gasteiger partial charge in [0.15, 0.2) is 5.11 Å². The smallest absolute Gasteiger partial charge is 0.170 e. The monoisotopic (exact) mass is 327 g/mol. The number of nitrogens with one attached hydrogen (secondary N) is 2. The van der Waals surface area contributed by atoms with Gasteiger partial charge in [0.05, 0.1) is 0 Å². The molecule has 2 N–H and O–H groups in total. The highest BCUT2D eigenvalue weighted by Crippen LogP contribution is 2.13. The highest BCUT2D eigenvalue weighted by molar-refractivity contribution is 7.80. The topological polar surface area (TPSA) is 27.3 Å². The minimum absolute atomic E-state index is 0.678. The van der Waals surface area contributed by atoms with Gasteiger partial charge in [0, 0.05) is 31.5 Å².